The lowest BCUT2D eigenvalue weighted by molar-refractivity contribution is -0.146. The number of hydrogen-bond acceptors (Lipinski definition) is 2. The van der Waals surface area contributed by atoms with E-state index in [1.54, 1.807) is 0 Å². The number of piperidine rings is 2. The summed E-state index contributed by atoms with van der Waals surface area (Å²) in [7, 11) is 0. The van der Waals surface area contributed by atoms with Gasteiger partial charge in [-0.1, -0.05) is 27.2 Å². The molecule has 3 nitrogen and oxygen atoms in total. The van der Waals surface area contributed by atoms with Crippen LogP contribution in [0.25, 0.3) is 0 Å². The fourth-order valence-electron chi connectivity index (χ4n) is 4.06. The molecular formula is C17H32N2O. The van der Waals surface area contributed by atoms with Gasteiger partial charge in [-0.25, -0.2) is 0 Å². The van der Waals surface area contributed by atoms with E-state index in [9.17, 15) is 4.79 Å². The third kappa shape index (κ3) is 3.36. The largest absolute Gasteiger partial charge is 0.342 e. The van der Waals surface area contributed by atoms with E-state index in [4.69, 9.17) is 0 Å². The minimum Gasteiger partial charge on any atom is -0.342 e. The van der Waals surface area contributed by atoms with Crippen molar-refractivity contribution in [2.75, 3.05) is 26.2 Å². The summed E-state index contributed by atoms with van der Waals surface area (Å²) in [5, 5.41) is 3.41. The maximum atomic E-state index is 13.0. The molecule has 2 aliphatic rings. The molecule has 1 amide bonds. The van der Waals surface area contributed by atoms with Crippen molar-refractivity contribution < 1.29 is 4.79 Å². The fraction of sp³-hybridized carbons (Fsp3) is 0.941. The van der Waals surface area contributed by atoms with E-state index in [1.807, 2.05) is 0 Å². The summed E-state index contributed by atoms with van der Waals surface area (Å²) in [5.41, 5.74) is -0.0509. The van der Waals surface area contributed by atoms with Crippen molar-refractivity contribution in [2.24, 2.45) is 17.3 Å². The highest BCUT2D eigenvalue weighted by atomic mass is 16.2. The zero-order valence-electron chi connectivity index (χ0n) is 13.6. The number of hydrogen-bond donors (Lipinski definition) is 1. The maximum Gasteiger partial charge on any atom is 0.228 e. The van der Waals surface area contributed by atoms with E-state index in [-0.39, 0.29) is 5.41 Å². The van der Waals surface area contributed by atoms with Gasteiger partial charge in [-0.05, 0) is 57.0 Å². The molecule has 2 fully saturated rings. The first-order valence-electron chi connectivity index (χ1n) is 8.59. The molecule has 0 unspecified atom stereocenters. The van der Waals surface area contributed by atoms with Crippen LogP contribution in [0.3, 0.4) is 0 Å². The van der Waals surface area contributed by atoms with Gasteiger partial charge >= 0.3 is 0 Å². The molecule has 0 bridgehead atoms. The molecule has 2 aliphatic heterocycles. The summed E-state index contributed by atoms with van der Waals surface area (Å²) in [6, 6.07) is 0. The highest BCUT2D eigenvalue weighted by Crippen LogP contribution is 2.37. The Hall–Kier alpha value is -0.570. The Bertz CT molecular complexity index is 307. The average molecular weight is 280 g/mol. The Balaban J connectivity index is 1.98. The van der Waals surface area contributed by atoms with Crippen molar-refractivity contribution in [2.45, 2.75) is 59.3 Å². The monoisotopic (exact) mass is 280 g/mol. The third-order valence-corrected chi connectivity index (χ3v) is 5.51. The second kappa shape index (κ2) is 6.93. The van der Waals surface area contributed by atoms with E-state index < -0.39 is 0 Å². The second-order valence-corrected chi connectivity index (χ2v) is 7.15. The Morgan fingerprint density at radius 1 is 1.25 bits per heavy atom. The second-order valence-electron chi connectivity index (χ2n) is 7.15. The first-order valence-corrected chi connectivity index (χ1v) is 8.59. The Morgan fingerprint density at radius 3 is 2.35 bits per heavy atom. The van der Waals surface area contributed by atoms with Gasteiger partial charge < -0.3 is 10.2 Å². The Kier molecular flexibility index (Phi) is 5.48. The van der Waals surface area contributed by atoms with Crippen molar-refractivity contribution in [1.82, 2.24) is 10.2 Å². The van der Waals surface area contributed by atoms with Crippen molar-refractivity contribution in [3.8, 4) is 0 Å². The molecule has 116 valence electrons. The quantitative estimate of drug-likeness (QED) is 0.858. The highest BCUT2D eigenvalue weighted by Gasteiger charge is 2.41. The van der Waals surface area contributed by atoms with Crippen LogP contribution in [0.2, 0.25) is 0 Å². The zero-order chi connectivity index (χ0) is 14.6. The number of nitrogens with zero attached hydrogens (tertiary/aromatic N) is 1. The van der Waals surface area contributed by atoms with Crippen LogP contribution in [0.1, 0.15) is 59.3 Å². The third-order valence-electron chi connectivity index (χ3n) is 5.51. The normalized spacial score (nSPS) is 24.1. The molecule has 0 aromatic heterocycles. The van der Waals surface area contributed by atoms with Crippen LogP contribution >= 0.6 is 0 Å². The molecule has 0 radical (unpaired) electrons. The van der Waals surface area contributed by atoms with E-state index in [0.29, 0.717) is 5.91 Å². The summed E-state index contributed by atoms with van der Waals surface area (Å²) >= 11 is 0. The highest BCUT2D eigenvalue weighted by molar-refractivity contribution is 5.83. The molecule has 3 heteroatoms. The van der Waals surface area contributed by atoms with Crippen molar-refractivity contribution >= 4 is 5.91 Å². The summed E-state index contributed by atoms with van der Waals surface area (Å²) in [5.74, 6) is 2.04. The zero-order valence-corrected chi connectivity index (χ0v) is 13.6. The van der Waals surface area contributed by atoms with Crippen LogP contribution in [-0.2, 0) is 4.79 Å². The SMILES string of the molecule is CCCC1(C(=O)N2CCC(C(C)C)CC2)CCNCC1. The smallest absolute Gasteiger partial charge is 0.228 e. The molecule has 0 spiro atoms. The fourth-order valence-corrected chi connectivity index (χ4v) is 4.06. The Morgan fingerprint density at radius 2 is 1.85 bits per heavy atom. The van der Waals surface area contributed by atoms with E-state index in [0.717, 1.165) is 63.7 Å². The predicted molar refractivity (Wildman–Crippen MR) is 83.6 cm³/mol. The van der Waals surface area contributed by atoms with Crippen LogP contribution < -0.4 is 5.32 Å². The lowest BCUT2D eigenvalue weighted by Gasteiger charge is -2.43. The lowest BCUT2D eigenvalue weighted by atomic mass is 9.73. The minimum atomic E-state index is -0.0509. The van der Waals surface area contributed by atoms with Crippen LogP contribution in [-0.4, -0.2) is 37.0 Å². The standard InChI is InChI=1S/C17H32N2O/c1-4-7-17(8-10-18-11-9-17)16(20)19-12-5-15(6-13-19)14(2)3/h14-15,18H,4-13H2,1-3H3. The molecule has 0 saturated carbocycles. The summed E-state index contributed by atoms with van der Waals surface area (Å²) in [6.45, 7) is 10.8. The number of likely N-dealkylation sites (tertiary alicyclic amines) is 1. The minimum absolute atomic E-state index is 0.0509. The van der Waals surface area contributed by atoms with Gasteiger partial charge in [0, 0.05) is 13.1 Å². The van der Waals surface area contributed by atoms with Gasteiger partial charge in [0.2, 0.25) is 5.91 Å². The molecule has 0 atom stereocenters. The molecule has 20 heavy (non-hydrogen) atoms. The van der Waals surface area contributed by atoms with Crippen LogP contribution in [0, 0.1) is 17.3 Å². The predicted octanol–water partition coefficient (Wildman–Crippen LogP) is 3.05. The van der Waals surface area contributed by atoms with E-state index >= 15 is 0 Å². The first kappa shape index (κ1) is 15.8. The molecule has 0 aromatic rings. The Labute approximate surface area is 124 Å². The molecular weight excluding hydrogens is 248 g/mol. The molecule has 2 heterocycles. The van der Waals surface area contributed by atoms with Gasteiger partial charge in [0.15, 0.2) is 0 Å². The van der Waals surface area contributed by atoms with Crippen molar-refractivity contribution in [3.05, 3.63) is 0 Å². The summed E-state index contributed by atoms with van der Waals surface area (Å²) in [4.78, 5) is 15.2. The van der Waals surface area contributed by atoms with Crippen molar-refractivity contribution in [3.63, 3.8) is 0 Å². The lowest BCUT2D eigenvalue weighted by Crippen LogP contribution is -2.51. The van der Waals surface area contributed by atoms with E-state index in [1.165, 1.54) is 12.8 Å². The number of rotatable bonds is 4. The van der Waals surface area contributed by atoms with E-state index in [2.05, 4.69) is 31.0 Å². The number of nitrogens with one attached hydrogen (secondary N) is 1. The molecule has 0 aromatic carbocycles. The van der Waals surface area contributed by atoms with Crippen LogP contribution in [0.15, 0.2) is 0 Å². The number of carbonyl (C=O) groups is 1. The van der Waals surface area contributed by atoms with Crippen LogP contribution in [0.4, 0.5) is 0 Å². The molecule has 0 aliphatic carbocycles. The number of amides is 1. The summed E-state index contributed by atoms with van der Waals surface area (Å²) < 4.78 is 0. The molecule has 1 N–H and O–H groups in total. The van der Waals surface area contributed by atoms with Gasteiger partial charge in [0.1, 0.15) is 0 Å². The van der Waals surface area contributed by atoms with Gasteiger partial charge in [0.05, 0.1) is 5.41 Å². The van der Waals surface area contributed by atoms with Gasteiger partial charge in [-0.3, -0.25) is 4.79 Å². The molecule has 2 rings (SSSR count). The first-order chi connectivity index (χ1) is 9.59. The van der Waals surface area contributed by atoms with Gasteiger partial charge in [-0.15, -0.1) is 0 Å². The van der Waals surface area contributed by atoms with Gasteiger partial charge in [-0.2, -0.15) is 0 Å². The average Bonchev–Trinajstić information content (AvgIpc) is 2.48. The summed E-state index contributed by atoms with van der Waals surface area (Å²) in [6.07, 6.45) is 6.65. The van der Waals surface area contributed by atoms with Gasteiger partial charge in [0.25, 0.3) is 0 Å². The number of carbonyl (C=O) groups excluding carboxylic acids is 1. The van der Waals surface area contributed by atoms with Crippen molar-refractivity contribution in [1.29, 1.82) is 0 Å². The maximum absolute atomic E-state index is 13.0. The van der Waals surface area contributed by atoms with Crippen LogP contribution in [0.5, 0.6) is 0 Å². The molecule has 2 saturated heterocycles. The topological polar surface area (TPSA) is 32.3 Å².